The number of halogens is 1. The van der Waals surface area contributed by atoms with Crippen molar-refractivity contribution in [3.05, 3.63) is 84.2 Å². The summed E-state index contributed by atoms with van der Waals surface area (Å²) in [5.74, 6) is 0.648. The number of ether oxygens (including phenoxy) is 3. The number of nitrogens with one attached hydrogen (secondary N) is 1. The zero-order valence-corrected chi connectivity index (χ0v) is 18.8. The quantitative estimate of drug-likeness (QED) is 0.344. The topological polar surface area (TPSA) is 69.7 Å². The highest BCUT2D eigenvalue weighted by Gasteiger charge is 2.18. The first kappa shape index (κ1) is 22.3. The van der Waals surface area contributed by atoms with E-state index in [4.69, 9.17) is 19.2 Å². The van der Waals surface area contributed by atoms with Crippen molar-refractivity contribution in [2.24, 2.45) is 0 Å². The Morgan fingerprint density at radius 3 is 2.45 bits per heavy atom. The normalized spacial score (nSPS) is 10.5. The lowest BCUT2D eigenvalue weighted by atomic mass is 10.1. The highest BCUT2D eigenvalue weighted by molar-refractivity contribution is 7.19. The van der Waals surface area contributed by atoms with Crippen LogP contribution >= 0.6 is 11.3 Å². The summed E-state index contributed by atoms with van der Waals surface area (Å²) >= 11 is 1.32. The van der Waals surface area contributed by atoms with Crippen LogP contribution in [0.4, 0.5) is 14.2 Å². The van der Waals surface area contributed by atoms with E-state index in [1.807, 2.05) is 36.4 Å². The van der Waals surface area contributed by atoms with Crippen LogP contribution in [0, 0.1) is 5.82 Å². The van der Waals surface area contributed by atoms with Gasteiger partial charge >= 0.3 is 6.09 Å². The van der Waals surface area contributed by atoms with Crippen LogP contribution in [-0.4, -0.2) is 25.3 Å². The van der Waals surface area contributed by atoms with Crippen LogP contribution in [0.3, 0.4) is 0 Å². The zero-order valence-electron chi connectivity index (χ0n) is 18.0. The number of amides is 1. The Bertz CT molecular complexity index is 1260. The number of aromatic nitrogens is 1. The number of carbonyl (C=O) groups is 1. The van der Waals surface area contributed by atoms with E-state index in [2.05, 4.69) is 5.32 Å². The monoisotopic (exact) mass is 464 g/mol. The van der Waals surface area contributed by atoms with Gasteiger partial charge in [-0.15, -0.1) is 0 Å². The van der Waals surface area contributed by atoms with Crippen molar-refractivity contribution in [1.82, 2.24) is 4.98 Å². The highest BCUT2D eigenvalue weighted by atomic mass is 32.1. The molecule has 3 aromatic carbocycles. The molecule has 0 aliphatic carbocycles. The molecule has 168 valence electrons. The fourth-order valence-electron chi connectivity index (χ4n) is 3.15. The number of rotatable bonds is 7. The average molecular weight is 465 g/mol. The molecule has 1 aromatic heterocycles. The number of benzene rings is 3. The molecule has 0 spiro atoms. The largest absolute Gasteiger partial charge is 0.493 e. The molecule has 33 heavy (non-hydrogen) atoms. The Kier molecular flexibility index (Phi) is 6.85. The molecule has 0 aliphatic heterocycles. The fourth-order valence-corrected chi connectivity index (χ4v) is 4.12. The van der Waals surface area contributed by atoms with E-state index < -0.39 is 6.09 Å². The van der Waals surface area contributed by atoms with Crippen molar-refractivity contribution in [3.63, 3.8) is 0 Å². The van der Waals surface area contributed by atoms with Crippen molar-refractivity contribution in [3.8, 4) is 33.3 Å². The third-order valence-corrected chi connectivity index (χ3v) is 5.85. The SMILES string of the molecule is COC(=O)Nc1sc(-c2ccc(OCc3ccccc3F)c(OC)c2)nc1-c1ccccc1. The molecule has 8 heteroatoms. The summed E-state index contributed by atoms with van der Waals surface area (Å²) in [6, 6.07) is 21.4. The van der Waals surface area contributed by atoms with Crippen LogP contribution in [0.5, 0.6) is 11.5 Å². The Morgan fingerprint density at radius 2 is 1.73 bits per heavy atom. The van der Waals surface area contributed by atoms with E-state index in [0.29, 0.717) is 32.8 Å². The predicted octanol–water partition coefficient (Wildman–Crippen LogP) is 6.38. The minimum Gasteiger partial charge on any atom is -0.493 e. The van der Waals surface area contributed by atoms with E-state index in [9.17, 15) is 9.18 Å². The third kappa shape index (κ3) is 5.12. The van der Waals surface area contributed by atoms with Crippen molar-refractivity contribution in [1.29, 1.82) is 0 Å². The molecular weight excluding hydrogens is 443 g/mol. The summed E-state index contributed by atoms with van der Waals surface area (Å²) in [5, 5.41) is 3.99. The molecule has 0 bridgehead atoms. The number of hydrogen-bond donors (Lipinski definition) is 1. The minimum absolute atomic E-state index is 0.0744. The molecular formula is C25H21FN2O4S. The van der Waals surface area contributed by atoms with Gasteiger partial charge in [0.25, 0.3) is 0 Å². The molecule has 0 saturated heterocycles. The molecule has 0 unspecified atom stereocenters. The maximum atomic E-state index is 13.9. The van der Waals surface area contributed by atoms with Crippen molar-refractivity contribution < 1.29 is 23.4 Å². The Balaban J connectivity index is 1.64. The van der Waals surface area contributed by atoms with E-state index in [1.54, 1.807) is 30.3 Å². The van der Waals surface area contributed by atoms with Crippen molar-refractivity contribution in [2.75, 3.05) is 19.5 Å². The highest BCUT2D eigenvalue weighted by Crippen LogP contribution is 2.40. The molecule has 1 N–H and O–H groups in total. The first-order valence-corrected chi connectivity index (χ1v) is 10.9. The smallest absolute Gasteiger partial charge is 0.412 e. The van der Waals surface area contributed by atoms with Gasteiger partial charge < -0.3 is 14.2 Å². The average Bonchev–Trinajstić information content (AvgIpc) is 3.27. The molecule has 4 aromatic rings. The first-order chi connectivity index (χ1) is 16.1. The molecule has 1 amide bonds. The van der Waals surface area contributed by atoms with Gasteiger partial charge in [-0.3, -0.25) is 5.32 Å². The molecule has 0 atom stereocenters. The molecule has 0 saturated carbocycles. The Morgan fingerprint density at radius 1 is 0.970 bits per heavy atom. The van der Waals surface area contributed by atoms with Gasteiger partial charge in [0, 0.05) is 16.7 Å². The number of methoxy groups -OCH3 is 2. The second-order valence-corrected chi connectivity index (χ2v) is 7.92. The van der Waals surface area contributed by atoms with Gasteiger partial charge in [-0.25, -0.2) is 14.2 Å². The summed E-state index contributed by atoms with van der Waals surface area (Å²) in [6.45, 7) is 0.0744. The fraction of sp³-hybridized carbons (Fsp3) is 0.120. The zero-order chi connectivity index (χ0) is 23.2. The van der Waals surface area contributed by atoms with Gasteiger partial charge in [0.1, 0.15) is 28.1 Å². The molecule has 1 heterocycles. The van der Waals surface area contributed by atoms with Crippen molar-refractivity contribution in [2.45, 2.75) is 6.61 Å². The van der Waals surface area contributed by atoms with Crippen molar-refractivity contribution >= 4 is 22.4 Å². The van der Waals surface area contributed by atoms with Crippen LogP contribution in [0.2, 0.25) is 0 Å². The standard InChI is InChI=1S/C25H21FN2O4S/c1-30-21-14-17(12-13-20(21)32-15-18-10-6-7-11-19(18)26)23-27-22(16-8-4-3-5-9-16)24(33-23)28-25(29)31-2/h3-14H,15H2,1-2H3,(H,28,29). The van der Waals surface area contributed by atoms with Gasteiger partial charge in [-0.05, 0) is 24.3 Å². The maximum Gasteiger partial charge on any atom is 0.412 e. The van der Waals surface area contributed by atoms with Crippen LogP contribution in [0.25, 0.3) is 21.8 Å². The van der Waals surface area contributed by atoms with Crippen LogP contribution in [0.15, 0.2) is 72.8 Å². The van der Waals surface area contributed by atoms with Crippen LogP contribution in [0.1, 0.15) is 5.56 Å². The second kappa shape index (κ2) is 10.1. The van der Waals surface area contributed by atoms with Gasteiger partial charge in [-0.1, -0.05) is 59.9 Å². The van der Waals surface area contributed by atoms with E-state index in [1.165, 1.54) is 31.6 Å². The molecule has 0 fully saturated rings. The predicted molar refractivity (Wildman–Crippen MR) is 126 cm³/mol. The number of anilines is 1. The van der Waals surface area contributed by atoms with E-state index in [0.717, 1.165) is 11.1 Å². The van der Waals surface area contributed by atoms with Crippen LogP contribution in [-0.2, 0) is 11.3 Å². The van der Waals surface area contributed by atoms with Gasteiger partial charge in [0.2, 0.25) is 0 Å². The molecule has 4 rings (SSSR count). The lowest BCUT2D eigenvalue weighted by Crippen LogP contribution is -2.10. The number of thiazole rings is 1. The van der Waals surface area contributed by atoms with Gasteiger partial charge in [0.05, 0.1) is 14.2 Å². The Hall–Kier alpha value is -3.91. The van der Waals surface area contributed by atoms with Gasteiger partial charge in [-0.2, -0.15) is 0 Å². The lowest BCUT2D eigenvalue weighted by molar-refractivity contribution is 0.187. The lowest BCUT2D eigenvalue weighted by Gasteiger charge is -2.12. The third-order valence-electron chi connectivity index (χ3n) is 4.83. The minimum atomic E-state index is -0.572. The maximum absolute atomic E-state index is 13.9. The summed E-state index contributed by atoms with van der Waals surface area (Å²) in [7, 11) is 2.85. The molecule has 6 nitrogen and oxygen atoms in total. The first-order valence-electron chi connectivity index (χ1n) is 10.0. The summed E-state index contributed by atoms with van der Waals surface area (Å²) in [5.41, 5.74) is 2.74. The molecule has 0 aliphatic rings. The van der Waals surface area contributed by atoms with E-state index in [-0.39, 0.29) is 12.4 Å². The van der Waals surface area contributed by atoms with E-state index >= 15 is 0 Å². The second-order valence-electron chi connectivity index (χ2n) is 6.93. The molecule has 0 radical (unpaired) electrons. The van der Waals surface area contributed by atoms with Crippen LogP contribution < -0.4 is 14.8 Å². The number of carbonyl (C=O) groups excluding carboxylic acids is 1. The number of nitrogens with zero attached hydrogens (tertiary/aromatic N) is 1. The summed E-state index contributed by atoms with van der Waals surface area (Å²) < 4.78 is 29.9. The summed E-state index contributed by atoms with van der Waals surface area (Å²) in [4.78, 5) is 16.6. The van der Waals surface area contributed by atoms with Gasteiger partial charge in [0.15, 0.2) is 11.5 Å². The Labute approximate surface area is 194 Å². The number of hydrogen-bond acceptors (Lipinski definition) is 6. The summed E-state index contributed by atoms with van der Waals surface area (Å²) in [6.07, 6.45) is -0.572.